The second-order valence-corrected chi connectivity index (χ2v) is 3.48. The van der Waals surface area contributed by atoms with Crippen molar-refractivity contribution in [3.63, 3.8) is 0 Å². The van der Waals surface area contributed by atoms with E-state index >= 15 is 0 Å². The standard InChI is InChI=1S/C12H17NO2/c1-4-5-12(14)13-11-8-10(15-3)7-6-9(11)2/h6-8H,4-5H2,1-3H3,(H,13,14). The van der Waals surface area contributed by atoms with Crippen LogP contribution in [0.2, 0.25) is 0 Å². The topological polar surface area (TPSA) is 38.3 Å². The molecule has 0 aliphatic rings. The molecule has 3 nitrogen and oxygen atoms in total. The minimum absolute atomic E-state index is 0.0499. The summed E-state index contributed by atoms with van der Waals surface area (Å²) >= 11 is 0. The molecule has 0 fully saturated rings. The highest BCUT2D eigenvalue weighted by Crippen LogP contribution is 2.21. The SMILES string of the molecule is CCCC(=O)Nc1cc(OC)ccc1C. The van der Waals surface area contributed by atoms with Crippen LogP contribution in [-0.4, -0.2) is 13.0 Å². The van der Waals surface area contributed by atoms with E-state index in [0.717, 1.165) is 23.4 Å². The van der Waals surface area contributed by atoms with E-state index in [1.807, 2.05) is 32.0 Å². The molecular weight excluding hydrogens is 190 g/mol. The molecule has 1 aromatic carbocycles. The Morgan fingerprint density at radius 1 is 1.47 bits per heavy atom. The lowest BCUT2D eigenvalue weighted by Gasteiger charge is -2.09. The van der Waals surface area contributed by atoms with Crippen molar-refractivity contribution in [2.75, 3.05) is 12.4 Å². The third-order valence-corrected chi connectivity index (χ3v) is 2.20. The Morgan fingerprint density at radius 3 is 2.80 bits per heavy atom. The quantitative estimate of drug-likeness (QED) is 0.824. The minimum atomic E-state index is 0.0499. The molecule has 0 bridgehead atoms. The molecule has 3 heteroatoms. The molecule has 0 unspecified atom stereocenters. The van der Waals surface area contributed by atoms with Crippen LogP contribution in [0.1, 0.15) is 25.3 Å². The van der Waals surface area contributed by atoms with E-state index in [1.54, 1.807) is 7.11 Å². The fraction of sp³-hybridized carbons (Fsp3) is 0.417. The first-order valence-electron chi connectivity index (χ1n) is 5.12. The van der Waals surface area contributed by atoms with Crippen LogP contribution in [0.3, 0.4) is 0 Å². The molecule has 0 atom stereocenters. The molecular formula is C12H17NO2. The van der Waals surface area contributed by atoms with Gasteiger partial charge in [-0.1, -0.05) is 13.0 Å². The van der Waals surface area contributed by atoms with Crippen molar-refractivity contribution in [1.29, 1.82) is 0 Å². The first-order valence-corrected chi connectivity index (χ1v) is 5.12. The summed E-state index contributed by atoms with van der Waals surface area (Å²) in [6, 6.07) is 5.65. The Hall–Kier alpha value is -1.51. The first kappa shape index (κ1) is 11.6. The smallest absolute Gasteiger partial charge is 0.224 e. The zero-order valence-corrected chi connectivity index (χ0v) is 9.46. The maximum atomic E-state index is 11.4. The van der Waals surface area contributed by atoms with Crippen molar-refractivity contribution in [3.05, 3.63) is 23.8 Å². The third kappa shape index (κ3) is 3.27. The summed E-state index contributed by atoms with van der Waals surface area (Å²) < 4.78 is 5.10. The highest BCUT2D eigenvalue weighted by molar-refractivity contribution is 5.91. The van der Waals surface area contributed by atoms with Crippen LogP contribution in [0.4, 0.5) is 5.69 Å². The molecule has 0 aromatic heterocycles. The number of hydrogen-bond donors (Lipinski definition) is 1. The number of nitrogens with one attached hydrogen (secondary N) is 1. The Balaban J connectivity index is 2.79. The van der Waals surface area contributed by atoms with Crippen molar-refractivity contribution in [2.24, 2.45) is 0 Å². The Labute approximate surface area is 90.4 Å². The van der Waals surface area contributed by atoms with Gasteiger partial charge in [-0.25, -0.2) is 0 Å². The van der Waals surface area contributed by atoms with Crippen molar-refractivity contribution in [2.45, 2.75) is 26.7 Å². The Bertz CT molecular complexity index is 347. The number of amides is 1. The maximum absolute atomic E-state index is 11.4. The molecule has 0 heterocycles. The third-order valence-electron chi connectivity index (χ3n) is 2.20. The highest BCUT2D eigenvalue weighted by Gasteiger charge is 2.04. The molecule has 1 N–H and O–H groups in total. The van der Waals surface area contributed by atoms with Crippen LogP contribution in [0.5, 0.6) is 5.75 Å². The fourth-order valence-electron chi connectivity index (χ4n) is 1.30. The number of carbonyl (C=O) groups excluding carboxylic acids is 1. The number of ether oxygens (including phenoxy) is 1. The first-order chi connectivity index (χ1) is 7.17. The van der Waals surface area contributed by atoms with Gasteiger partial charge in [0.2, 0.25) is 5.91 Å². The van der Waals surface area contributed by atoms with E-state index in [1.165, 1.54) is 0 Å². The van der Waals surface area contributed by atoms with Gasteiger partial charge in [0.25, 0.3) is 0 Å². The largest absolute Gasteiger partial charge is 0.497 e. The van der Waals surface area contributed by atoms with Gasteiger partial charge in [0.1, 0.15) is 5.75 Å². The molecule has 0 aliphatic carbocycles. The average Bonchev–Trinajstić information content (AvgIpc) is 2.21. The number of hydrogen-bond acceptors (Lipinski definition) is 2. The van der Waals surface area contributed by atoms with Gasteiger partial charge in [-0.05, 0) is 25.0 Å². The summed E-state index contributed by atoms with van der Waals surface area (Å²) in [6.45, 7) is 3.94. The van der Waals surface area contributed by atoms with Crippen molar-refractivity contribution in [3.8, 4) is 5.75 Å². The van der Waals surface area contributed by atoms with Gasteiger partial charge in [-0.2, -0.15) is 0 Å². The number of aryl methyl sites for hydroxylation is 1. The minimum Gasteiger partial charge on any atom is -0.497 e. The summed E-state index contributed by atoms with van der Waals surface area (Å²) in [5, 5.41) is 2.87. The van der Waals surface area contributed by atoms with Crippen LogP contribution < -0.4 is 10.1 Å². The number of methoxy groups -OCH3 is 1. The molecule has 0 saturated heterocycles. The molecule has 1 amide bonds. The summed E-state index contributed by atoms with van der Waals surface area (Å²) in [5.41, 5.74) is 1.87. The van der Waals surface area contributed by atoms with E-state index in [-0.39, 0.29) is 5.91 Å². The summed E-state index contributed by atoms with van der Waals surface area (Å²) in [7, 11) is 1.61. The lowest BCUT2D eigenvalue weighted by Crippen LogP contribution is -2.11. The predicted octanol–water partition coefficient (Wildman–Crippen LogP) is 2.74. The molecule has 0 spiro atoms. The Morgan fingerprint density at radius 2 is 2.20 bits per heavy atom. The summed E-state index contributed by atoms with van der Waals surface area (Å²) in [5.74, 6) is 0.807. The van der Waals surface area contributed by atoms with E-state index in [9.17, 15) is 4.79 Å². The lowest BCUT2D eigenvalue weighted by atomic mass is 10.2. The molecule has 1 rings (SSSR count). The Kier molecular flexibility index (Phi) is 4.16. The molecule has 0 aliphatic heterocycles. The van der Waals surface area contributed by atoms with Gasteiger partial charge in [0, 0.05) is 18.2 Å². The number of carbonyl (C=O) groups is 1. The van der Waals surface area contributed by atoms with Gasteiger partial charge in [0.15, 0.2) is 0 Å². The van der Waals surface area contributed by atoms with Crippen LogP contribution in [0.25, 0.3) is 0 Å². The van der Waals surface area contributed by atoms with Crippen LogP contribution in [-0.2, 0) is 4.79 Å². The zero-order valence-electron chi connectivity index (χ0n) is 9.46. The van der Waals surface area contributed by atoms with E-state index in [4.69, 9.17) is 4.74 Å². The highest BCUT2D eigenvalue weighted by atomic mass is 16.5. The van der Waals surface area contributed by atoms with Gasteiger partial charge in [-0.15, -0.1) is 0 Å². The van der Waals surface area contributed by atoms with Gasteiger partial charge in [-0.3, -0.25) is 4.79 Å². The van der Waals surface area contributed by atoms with Gasteiger partial charge < -0.3 is 10.1 Å². The predicted molar refractivity (Wildman–Crippen MR) is 61.3 cm³/mol. The number of anilines is 1. The van der Waals surface area contributed by atoms with Gasteiger partial charge in [0.05, 0.1) is 7.11 Å². The second kappa shape index (κ2) is 5.39. The van der Waals surface area contributed by atoms with Crippen LogP contribution >= 0.6 is 0 Å². The summed E-state index contributed by atoms with van der Waals surface area (Å²) in [4.78, 5) is 11.4. The van der Waals surface area contributed by atoms with Gasteiger partial charge >= 0.3 is 0 Å². The fourth-order valence-corrected chi connectivity index (χ4v) is 1.30. The number of benzene rings is 1. The molecule has 82 valence electrons. The van der Waals surface area contributed by atoms with Crippen molar-refractivity contribution < 1.29 is 9.53 Å². The normalized spacial score (nSPS) is 9.80. The lowest BCUT2D eigenvalue weighted by molar-refractivity contribution is -0.116. The molecule has 1 aromatic rings. The zero-order chi connectivity index (χ0) is 11.3. The van der Waals surface area contributed by atoms with Crippen LogP contribution in [0, 0.1) is 6.92 Å². The monoisotopic (exact) mass is 207 g/mol. The van der Waals surface area contributed by atoms with Crippen molar-refractivity contribution >= 4 is 11.6 Å². The average molecular weight is 207 g/mol. The van der Waals surface area contributed by atoms with E-state index < -0.39 is 0 Å². The van der Waals surface area contributed by atoms with Crippen molar-refractivity contribution in [1.82, 2.24) is 0 Å². The molecule has 0 saturated carbocycles. The summed E-state index contributed by atoms with van der Waals surface area (Å²) in [6.07, 6.45) is 1.41. The molecule has 0 radical (unpaired) electrons. The van der Waals surface area contributed by atoms with E-state index in [0.29, 0.717) is 6.42 Å². The van der Waals surface area contributed by atoms with E-state index in [2.05, 4.69) is 5.32 Å². The second-order valence-electron chi connectivity index (χ2n) is 3.48. The number of rotatable bonds is 4. The molecule has 15 heavy (non-hydrogen) atoms. The maximum Gasteiger partial charge on any atom is 0.224 e. The van der Waals surface area contributed by atoms with Crippen LogP contribution in [0.15, 0.2) is 18.2 Å².